The Bertz CT molecular complexity index is 729. The van der Waals surface area contributed by atoms with Crippen LogP contribution in [-0.4, -0.2) is 16.4 Å². The maximum Gasteiger partial charge on any atom is 0.399 e. The Morgan fingerprint density at radius 2 is 1.20 bits per heavy atom. The van der Waals surface area contributed by atoms with Crippen LogP contribution in [0.25, 0.3) is 0 Å². The zero-order valence-corrected chi connectivity index (χ0v) is 14.0. The fourth-order valence-corrected chi connectivity index (χ4v) is 2.93. The lowest BCUT2D eigenvalue weighted by Gasteiger charge is -2.24. The van der Waals surface area contributed by atoms with Gasteiger partial charge in [0.25, 0.3) is 0 Å². The SMILES string of the molecule is CCc1cc(C(c2cc(N)c(O)c(CC)c2)C(F)(F)F)cc(N)c1O. The summed E-state index contributed by atoms with van der Waals surface area (Å²) in [5.74, 6) is -2.37. The summed E-state index contributed by atoms with van der Waals surface area (Å²) < 4.78 is 41.5. The van der Waals surface area contributed by atoms with E-state index in [1.54, 1.807) is 13.8 Å². The summed E-state index contributed by atoms with van der Waals surface area (Å²) in [5, 5.41) is 19.8. The number of nitrogen functional groups attached to an aromatic ring is 2. The van der Waals surface area contributed by atoms with E-state index < -0.39 is 12.1 Å². The number of alkyl halides is 3. The van der Waals surface area contributed by atoms with Gasteiger partial charge in [-0.25, -0.2) is 0 Å². The lowest BCUT2D eigenvalue weighted by Crippen LogP contribution is -2.23. The normalized spacial score (nSPS) is 11.9. The molecule has 2 aromatic rings. The Hall–Kier alpha value is -2.57. The Kier molecular flexibility index (Phi) is 5.06. The van der Waals surface area contributed by atoms with Crippen LogP contribution in [0.1, 0.15) is 42.0 Å². The molecule has 2 aromatic carbocycles. The van der Waals surface area contributed by atoms with Crippen molar-refractivity contribution in [3.8, 4) is 11.5 Å². The van der Waals surface area contributed by atoms with E-state index in [-0.39, 0.29) is 34.0 Å². The second-order valence-corrected chi connectivity index (χ2v) is 5.92. The molecular weight excluding hydrogens is 333 g/mol. The molecule has 0 amide bonds. The lowest BCUT2D eigenvalue weighted by molar-refractivity contribution is -0.141. The highest BCUT2D eigenvalue weighted by molar-refractivity contribution is 5.62. The van der Waals surface area contributed by atoms with Crippen molar-refractivity contribution < 1.29 is 23.4 Å². The number of hydrogen-bond acceptors (Lipinski definition) is 4. The number of halogens is 3. The van der Waals surface area contributed by atoms with Gasteiger partial charge in [-0.1, -0.05) is 26.0 Å². The van der Waals surface area contributed by atoms with E-state index in [1.165, 1.54) is 12.1 Å². The first-order chi connectivity index (χ1) is 11.6. The minimum absolute atomic E-state index is 0.0770. The molecule has 0 saturated carbocycles. The number of rotatable bonds is 4. The predicted octanol–water partition coefficient (Wildman–Crippen LogP) is 4.08. The van der Waals surface area contributed by atoms with Crippen molar-refractivity contribution in [1.29, 1.82) is 0 Å². The molecule has 0 saturated heterocycles. The zero-order chi connectivity index (χ0) is 18.9. The zero-order valence-electron chi connectivity index (χ0n) is 14.0. The fourth-order valence-electron chi connectivity index (χ4n) is 2.93. The van der Waals surface area contributed by atoms with Crippen molar-refractivity contribution in [3.05, 3.63) is 46.5 Å². The molecule has 0 aliphatic carbocycles. The number of benzene rings is 2. The maximum atomic E-state index is 13.8. The Labute approximate surface area is 143 Å². The van der Waals surface area contributed by atoms with Gasteiger partial charge in [-0.05, 0) is 47.2 Å². The third kappa shape index (κ3) is 3.60. The molecule has 0 atom stereocenters. The van der Waals surface area contributed by atoms with Gasteiger partial charge in [-0.15, -0.1) is 0 Å². The fraction of sp³-hybridized carbons (Fsp3) is 0.333. The molecule has 0 aliphatic rings. The molecule has 0 heterocycles. The molecule has 0 radical (unpaired) electrons. The lowest BCUT2D eigenvalue weighted by atomic mass is 9.87. The molecule has 7 heteroatoms. The monoisotopic (exact) mass is 354 g/mol. The number of aryl methyl sites for hydroxylation is 2. The average molecular weight is 354 g/mol. The van der Waals surface area contributed by atoms with Gasteiger partial charge >= 0.3 is 6.18 Å². The van der Waals surface area contributed by atoms with E-state index in [0.717, 1.165) is 12.1 Å². The number of anilines is 2. The molecule has 0 unspecified atom stereocenters. The van der Waals surface area contributed by atoms with E-state index in [0.29, 0.717) is 24.0 Å². The Morgan fingerprint density at radius 1 is 0.840 bits per heavy atom. The van der Waals surface area contributed by atoms with Crippen LogP contribution in [0.4, 0.5) is 24.5 Å². The van der Waals surface area contributed by atoms with Crippen LogP contribution in [0, 0.1) is 0 Å². The van der Waals surface area contributed by atoms with E-state index in [4.69, 9.17) is 11.5 Å². The third-order valence-electron chi connectivity index (χ3n) is 4.24. The van der Waals surface area contributed by atoms with Gasteiger partial charge in [0.2, 0.25) is 0 Å². The first-order valence-electron chi connectivity index (χ1n) is 7.89. The standard InChI is InChI=1S/C18H21F3N2O2/c1-3-9-5-11(7-13(22)16(9)24)15(18(19,20)21)12-6-10(4-2)17(25)14(23)8-12/h5-8,15,24-25H,3-4,22-23H2,1-2H3. The van der Waals surface area contributed by atoms with Crippen LogP contribution in [0.5, 0.6) is 11.5 Å². The van der Waals surface area contributed by atoms with Crippen molar-refractivity contribution in [2.75, 3.05) is 11.5 Å². The van der Waals surface area contributed by atoms with Crippen molar-refractivity contribution in [2.24, 2.45) is 0 Å². The summed E-state index contributed by atoms with van der Waals surface area (Å²) in [6, 6.07) is 4.86. The van der Waals surface area contributed by atoms with E-state index in [1.807, 2.05) is 0 Å². The second-order valence-electron chi connectivity index (χ2n) is 5.92. The van der Waals surface area contributed by atoms with E-state index in [2.05, 4.69) is 0 Å². The quantitative estimate of drug-likeness (QED) is 0.492. The number of phenols is 2. The molecule has 0 bridgehead atoms. The minimum Gasteiger partial charge on any atom is -0.506 e. The van der Waals surface area contributed by atoms with Gasteiger partial charge in [-0.3, -0.25) is 0 Å². The van der Waals surface area contributed by atoms with E-state index in [9.17, 15) is 23.4 Å². The molecule has 0 aromatic heterocycles. The number of nitrogens with two attached hydrogens (primary N) is 2. The van der Waals surface area contributed by atoms with Gasteiger partial charge in [0.05, 0.1) is 11.4 Å². The van der Waals surface area contributed by atoms with Gasteiger partial charge in [-0.2, -0.15) is 13.2 Å². The Balaban J connectivity index is 2.71. The smallest absolute Gasteiger partial charge is 0.399 e. The molecule has 4 nitrogen and oxygen atoms in total. The third-order valence-corrected chi connectivity index (χ3v) is 4.24. The molecule has 0 fully saturated rings. The maximum absolute atomic E-state index is 13.8. The summed E-state index contributed by atoms with van der Waals surface area (Å²) in [4.78, 5) is 0. The minimum atomic E-state index is -4.59. The second kappa shape index (κ2) is 6.74. The number of hydrogen-bond donors (Lipinski definition) is 4. The predicted molar refractivity (Wildman–Crippen MR) is 91.7 cm³/mol. The van der Waals surface area contributed by atoms with Crippen molar-refractivity contribution >= 4 is 11.4 Å². The average Bonchev–Trinajstić information content (AvgIpc) is 2.52. The molecule has 0 spiro atoms. The van der Waals surface area contributed by atoms with Gasteiger partial charge in [0.15, 0.2) is 0 Å². The van der Waals surface area contributed by atoms with Crippen LogP contribution >= 0.6 is 0 Å². The van der Waals surface area contributed by atoms with E-state index >= 15 is 0 Å². The summed E-state index contributed by atoms with van der Waals surface area (Å²) in [6.45, 7) is 3.43. The Morgan fingerprint density at radius 3 is 1.48 bits per heavy atom. The van der Waals surface area contributed by atoms with Crippen molar-refractivity contribution in [1.82, 2.24) is 0 Å². The summed E-state index contributed by atoms with van der Waals surface area (Å²) in [6.07, 6.45) is -3.92. The van der Waals surface area contributed by atoms with Crippen LogP contribution in [0.15, 0.2) is 24.3 Å². The van der Waals surface area contributed by atoms with Crippen LogP contribution in [0.3, 0.4) is 0 Å². The summed E-state index contributed by atoms with van der Waals surface area (Å²) >= 11 is 0. The molecule has 6 N–H and O–H groups in total. The van der Waals surface area contributed by atoms with Gasteiger partial charge in [0.1, 0.15) is 17.4 Å². The summed E-state index contributed by atoms with van der Waals surface area (Å²) in [5.41, 5.74) is 11.7. The molecule has 25 heavy (non-hydrogen) atoms. The van der Waals surface area contributed by atoms with Crippen LogP contribution in [0.2, 0.25) is 0 Å². The largest absolute Gasteiger partial charge is 0.506 e. The number of phenolic OH excluding ortho intramolecular Hbond substituents is 2. The van der Waals surface area contributed by atoms with Crippen LogP contribution in [-0.2, 0) is 12.8 Å². The molecular formula is C18H21F3N2O2. The van der Waals surface area contributed by atoms with Crippen molar-refractivity contribution in [2.45, 2.75) is 38.8 Å². The van der Waals surface area contributed by atoms with Gasteiger partial charge < -0.3 is 21.7 Å². The number of aromatic hydroxyl groups is 2. The summed E-state index contributed by atoms with van der Waals surface area (Å²) in [7, 11) is 0. The molecule has 0 aliphatic heterocycles. The highest BCUT2D eigenvalue weighted by atomic mass is 19.4. The first kappa shape index (κ1) is 18.8. The van der Waals surface area contributed by atoms with Gasteiger partial charge in [0, 0.05) is 0 Å². The molecule has 2 rings (SSSR count). The highest BCUT2D eigenvalue weighted by Gasteiger charge is 2.42. The topological polar surface area (TPSA) is 92.5 Å². The molecule has 136 valence electrons. The highest BCUT2D eigenvalue weighted by Crippen LogP contribution is 2.44. The van der Waals surface area contributed by atoms with Crippen LogP contribution < -0.4 is 11.5 Å². The first-order valence-corrected chi connectivity index (χ1v) is 7.89. The van der Waals surface area contributed by atoms with Crippen molar-refractivity contribution in [3.63, 3.8) is 0 Å².